The molecule has 0 unspecified atom stereocenters. The van der Waals surface area contributed by atoms with Gasteiger partial charge in [-0.15, -0.1) is 0 Å². The van der Waals surface area contributed by atoms with Crippen LogP contribution in [0.15, 0.2) is 18.2 Å². The second-order valence-corrected chi connectivity index (χ2v) is 5.28. The molecule has 0 aromatic heterocycles. The zero-order chi connectivity index (χ0) is 16.1. The third-order valence-corrected chi connectivity index (χ3v) is 3.46. The molecule has 0 spiro atoms. The lowest BCUT2D eigenvalue weighted by Crippen LogP contribution is -2.49. The van der Waals surface area contributed by atoms with Gasteiger partial charge in [0.25, 0.3) is 12.2 Å². The molecule has 1 aromatic rings. The van der Waals surface area contributed by atoms with Crippen LogP contribution >= 0.6 is 23.2 Å². The molecule has 1 aromatic carbocycles. The highest BCUT2D eigenvalue weighted by Gasteiger charge is 2.28. The third kappa shape index (κ3) is 4.74. The Morgan fingerprint density at radius 3 is 2.55 bits per heavy atom. The van der Waals surface area contributed by atoms with Crippen molar-refractivity contribution in [1.29, 1.82) is 0 Å². The summed E-state index contributed by atoms with van der Waals surface area (Å²) in [6, 6.07) is 4.22. The summed E-state index contributed by atoms with van der Waals surface area (Å²) < 4.78 is 15.1. The van der Waals surface area contributed by atoms with Crippen LogP contribution in [-0.4, -0.2) is 49.1 Å². The van der Waals surface area contributed by atoms with E-state index in [9.17, 15) is 9.59 Å². The molecule has 1 heterocycles. The Morgan fingerprint density at radius 1 is 1.27 bits per heavy atom. The molecule has 1 fully saturated rings. The van der Waals surface area contributed by atoms with Crippen molar-refractivity contribution in [2.75, 3.05) is 19.8 Å². The molecule has 1 saturated heterocycles. The molecule has 1 aliphatic rings. The van der Waals surface area contributed by atoms with E-state index in [1.54, 1.807) is 12.1 Å². The largest absolute Gasteiger partial charge is 0.484 e. The fraction of sp³-hybridized carbons (Fsp3) is 0.385. The van der Waals surface area contributed by atoms with Crippen LogP contribution in [0.1, 0.15) is 0 Å². The lowest BCUT2D eigenvalue weighted by Gasteiger charge is -2.27. The van der Waals surface area contributed by atoms with Crippen LogP contribution in [0, 0.1) is 0 Å². The minimum Gasteiger partial charge on any atom is -0.484 e. The molecular formula is C13H13Cl2NO6. The van der Waals surface area contributed by atoms with Gasteiger partial charge in [-0.25, -0.2) is 4.79 Å². The second-order valence-electron chi connectivity index (χ2n) is 4.47. The Balaban J connectivity index is 1.74. The maximum atomic E-state index is 11.7. The predicted octanol–water partition coefficient (Wildman–Crippen LogP) is 1.31. The molecule has 0 aliphatic carbocycles. The van der Waals surface area contributed by atoms with E-state index >= 15 is 0 Å². The Kier molecular flexibility index (Phi) is 5.84. The number of amides is 1. The summed E-state index contributed by atoms with van der Waals surface area (Å²) in [5.74, 6) is -1.18. The number of carboxylic acids is 1. The van der Waals surface area contributed by atoms with E-state index in [0.717, 1.165) is 0 Å². The maximum Gasteiger partial charge on any atom is 0.361 e. The average molecular weight is 350 g/mol. The highest BCUT2D eigenvalue weighted by molar-refractivity contribution is 6.42. The molecule has 7 nitrogen and oxygen atoms in total. The zero-order valence-electron chi connectivity index (χ0n) is 11.3. The number of benzene rings is 1. The normalized spacial score (nSPS) is 21.2. The van der Waals surface area contributed by atoms with Crippen molar-refractivity contribution < 1.29 is 28.9 Å². The summed E-state index contributed by atoms with van der Waals surface area (Å²) in [6.07, 6.45) is -1.29. The molecule has 1 amide bonds. The highest BCUT2D eigenvalue weighted by atomic mass is 35.5. The molecule has 0 atom stereocenters. The van der Waals surface area contributed by atoms with Crippen LogP contribution in [0.25, 0.3) is 0 Å². The van der Waals surface area contributed by atoms with Crippen LogP contribution in [0.4, 0.5) is 0 Å². The number of carboxylic acid groups (broad SMARTS) is 1. The van der Waals surface area contributed by atoms with Crippen LogP contribution in [-0.2, 0) is 19.1 Å². The Labute approximate surface area is 136 Å². The number of carbonyl (C=O) groups is 2. The quantitative estimate of drug-likeness (QED) is 0.832. The van der Waals surface area contributed by atoms with E-state index in [2.05, 4.69) is 5.32 Å². The van der Waals surface area contributed by atoms with Crippen molar-refractivity contribution in [2.45, 2.75) is 12.3 Å². The number of carbonyl (C=O) groups excluding carboxylic acids is 1. The predicted molar refractivity (Wildman–Crippen MR) is 77.2 cm³/mol. The molecule has 2 rings (SSSR count). The van der Waals surface area contributed by atoms with Gasteiger partial charge in [-0.2, -0.15) is 0 Å². The smallest absolute Gasteiger partial charge is 0.361 e. The Hall–Kier alpha value is -1.54. The molecule has 0 saturated carbocycles. The summed E-state index contributed by atoms with van der Waals surface area (Å²) in [5, 5.41) is 12.0. The van der Waals surface area contributed by atoms with Gasteiger partial charge in [0.05, 0.1) is 29.3 Å². The van der Waals surface area contributed by atoms with E-state index < -0.39 is 24.2 Å². The monoisotopic (exact) mass is 349 g/mol. The molecular weight excluding hydrogens is 337 g/mol. The summed E-state index contributed by atoms with van der Waals surface area (Å²) in [6.45, 7) is -0.123. The fourth-order valence-corrected chi connectivity index (χ4v) is 2.00. The van der Waals surface area contributed by atoms with Crippen molar-refractivity contribution in [3.63, 3.8) is 0 Å². The number of hydrogen-bond acceptors (Lipinski definition) is 5. The molecule has 22 heavy (non-hydrogen) atoms. The van der Waals surface area contributed by atoms with Gasteiger partial charge in [-0.1, -0.05) is 23.2 Å². The van der Waals surface area contributed by atoms with Gasteiger partial charge >= 0.3 is 5.97 Å². The molecule has 0 bridgehead atoms. The van der Waals surface area contributed by atoms with E-state index in [1.807, 2.05) is 0 Å². The molecule has 0 radical (unpaired) electrons. The number of halogens is 2. The van der Waals surface area contributed by atoms with E-state index in [-0.39, 0.29) is 19.8 Å². The zero-order valence-corrected chi connectivity index (χ0v) is 12.8. The van der Waals surface area contributed by atoms with Crippen LogP contribution in [0.3, 0.4) is 0 Å². The lowest BCUT2D eigenvalue weighted by molar-refractivity contribution is -0.211. The summed E-state index contributed by atoms with van der Waals surface area (Å²) in [4.78, 5) is 22.3. The van der Waals surface area contributed by atoms with E-state index in [0.29, 0.717) is 15.8 Å². The first-order chi connectivity index (χ1) is 10.5. The molecule has 2 N–H and O–H groups in total. The average Bonchev–Trinajstić information content (AvgIpc) is 2.49. The number of hydrogen-bond donors (Lipinski definition) is 2. The maximum absolute atomic E-state index is 11.7. The number of rotatable bonds is 5. The van der Waals surface area contributed by atoms with Crippen molar-refractivity contribution >= 4 is 35.1 Å². The number of aliphatic carboxylic acids is 1. The lowest BCUT2D eigenvalue weighted by atomic mass is 10.3. The molecule has 120 valence electrons. The first-order valence-electron chi connectivity index (χ1n) is 6.29. The summed E-state index contributed by atoms with van der Waals surface area (Å²) in [7, 11) is 0. The van der Waals surface area contributed by atoms with Crippen LogP contribution < -0.4 is 10.1 Å². The van der Waals surface area contributed by atoms with Crippen LogP contribution in [0.2, 0.25) is 10.0 Å². The van der Waals surface area contributed by atoms with Crippen molar-refractivity contribution in [2.24, 2.45) is 0 Å². The highest BCUT2D eigenvalue weighted by Crippen LogP contribution is 2.26. The topological polar surface area (TPSA) is 94.1 Å². The van der Waals surface area contributed by atoms with E-state index in [1.165, 1.54) is 6.07 Å². The minimum absolute atomic E-state index is 0.0511. The summed E-state index contributed by atoms with van der Waals surface area (Å²) in [5.41, 5.74) is 0. The first kappa shape index (κ1) is 16.8. The SMILES string of the molecule is O=C(COc1ccc(Cl)c(Cl)c1)NC1COC(C(=O)O)OC1. The Morgan fingerprint density at radius 2 is 1.95 bits per heavy atom. The second kappa shape index (κ2) is 7.64. The summed E-state index contributed by atoms with van der Waals surface area (Å²) >= 11 is 11.6. The van der Waals surface area contributed by atoms with Crippen molar-refractivity contribution in [3.05, 3.63) is 28.2 Å². The van der Waals surface area contributed by atoms with Gasteiger partial charge in [0.15, 0.2) is 6.61 Å². The number of ether oxygens (including phenoxy) is 3. The standard InChI is InChI=1S/C13H13Cl2NO6/c14-9-2-1-8(3-10(9)15)20-6-11(17)16-7-4-21-13(12(18)19)22-5-7/h1-3,7,13H,4-6H2,(H,16,17)(H,18,19). The third-order valence-electron chi connectivity index (χ3n) is 2.73. The van der Waals surface area contributed by atoms with E-state index in [4.69, 9.17) is 42.5 Å². The minimum atomic E-state index is -1.29. The van der Waals surface area contributed by atoms with Crippen molar-refractivity contribution in [1.82, 2.24) is 5.32 Å². The Bertz CT molecular complexity index is 559. The number of nitrogens with one attached hydrogen (secondary N) is 1. The van der Waals surface area contributed by atoms with Crippen molar-refractivity contribution in [3.8, 4) is 5.75 Å². The fourth-order valence-electron chi connectivity index (χ4n) is 1.71. The molecule has 9 heteroatoms. The van der Waals surface area contributed by atoms with Crippen LogP contribution in [0.5, 0.6) is 5.75 Å². The molecule has 1 aliphatic heterocycles. The first-order valence-corrected chi connectivity index (χ1v) is 7.04. The van der Waals surface area contributed by atoms with Gasteiger partial charge in [-0.05, 0) is 12.1 Å². The van der Waals surface area contributed by atoms with Gasteiger partial charge in [0, 0.05) is 6.07 Å². The van der Waals surface area contributed by atoms with Gasteiger partial charge in [0.2, 0.25) is 0 Å². The van der Waals surface area contributed by atoms with Gasteiger partial charge in [-0.3, -0.25) is 4.79 Å². The van der Waals surface area contributed by atoms with Gasteiger partial charge < -0.3 is 24.6 Å². The van der Waals surface area contributed by atoms with Gasteiger partial charge in [0.1, 0.15) is 5.75 Å².